The van der Waals surface area contributed by atoms with Crippen molar-refractivity contribution in [3.05, 3.63) is 34.8 Å². The Hall–Kier alpha value is -3.01. The second-order valence-electron chi connectivity index (χ2n) is 9.11. The van der Waals surface area contributed by atoms with Crippen LogP contribution < -0.4 is 21.7 Å². The predicted molar refractivity (Wildman–Crippen MR) is 118 cm³/mol. The number of primary amides is 1. The largest absolute Gasteiger partial charge is 0.396 e. The van der Waals surface area contributed by atoms with E-state index in [4.69, 9.17) is 23.1 Å². The molecule has 32 heavy (non-hydrogen) atoms. The van der Waals surface area contributed by atoms with E-state index < -0.39 is 5.91 Å². The Balaban J connectivity index is 1.27. The summed E-state index contributed by atoms with van der Waals surface area (Å²) < 4.78 is 0. The topological polar surface area (TPSA) is 153 Å². The average molecular weight is 457 g/mol. The van der Waals surface area contributed by atoms with Gasteiger partial charge in [0.05, 0.1) is 11.9 Å². The van der Waals surface area contributed by atoms with Crippen molar-refractivity contribution in [2.75, 3.05) is 23.7 Å². The number of hydrogen-bond acceptors (Lipinski definition) is 8. The van der Waals surface area contributed by atoms with Crippen LogP contribution in [0.25, 0.3) is 0 Å². The number of carbonyl (C=O) groups is 2. The van der Waals surface area contributed by atoms with Crippen molar-refractivity contribution in [2.45, 2.75) is 44.1 Å². The molecule has 4 fully saturated rings. The van der Waals surface area contributed by atoms with Crippen LogP contribution >= 0.6 is 11.6 Å². The smallest absolute Gasteiger partial charge is 0.270 e. The Bertz CT molecular complexity index is 1100. The van der Waals surface area contributed by atoms with Crippen LogP contribution in [-0.4, -0.2) is 50.4 Å². The van der Waals surface area contributed by atoms with Gasteiger partial charge in [-0.1, -0.05) is 6.92 Å². The minimum absolute atomic E-state index is 0.0494. The molecule has 11 heteroatoms. The maximum Gasteiger partial charge on any atom is 0.270 e. The summed E-state index contributed by atoms with van der Waals surface area (Å²) in [6.45, 7) is 3.51. The molecule has 168 valence electrons. The molecule has 2 amide bonds. The Morgan fingerprint density at radius 1 is 1.22 bits per heavy atom. The minimum atomic E-state index is -0.668. The van der Waals surface area contributed by atoms with Gasteiger partial charge in [0.15, 0.2) is 5.69 Å². The third kappa shape index (κ3) is 3.42. The standard InChI is InChI=1S/C21H25ClN8O2/c1-10-12-7-21(10,8-12)29-19(32)14-6-15(27-20(22)26-14)30-4-2-11(3-5-30)18-25-9-13(23)16(28-18)17(24)31/h6,9-12H,2-5,7-8,23H2,1H3,(H2,24,31)(H,29,32)/t10-,12?,21?/m1/s1. The highest BCUT2D eigenvalue weighted by Crippen LogP contribution is 2.61. The SMILES string of the molecule is C[C@@H]1C2CC1(NC(=O)c1cc(N3CCC(c4ncc(N)c(C(N)=O)n4)CC3)nc(Cl)n1)C2. The molecule has 0 radical (unpaired) electrons. The number of carbonyl (C=O) groups excluding carboxylic acids is 2. The maximum atomic E-state index is 12.8. The van der Waals surface area contributed by atoms with E-state index in [2.05, 4.69) is 37.1 Å². The van der Waals surface area contributed by atoms with Crippen molar-refractivity contribution in [3.63, 3.8) is 0 Å². The van der Waals surface area contributed by atoms with Gasteiger partial charge in [-0.15, -0.1) is 0 Å². The molecule has 2 bridgehead atoms. The van der Waals surface area contributed by atoms with Crippen LogP contribution in [0.5, 0.6) is 0 Å². The molecule has 2 aromatic heterocycles. The fourth-order valence-electron chi connectivity index (χ4n) is 5.09. The van der Waals surface area contributed by atoms with Gasteiger partial charge in [-0.05, 0) is 49.1 Å². The van der Waals surface area contributed by atoms with Gasteiger partial charge in [-0.3, -0.25) is 9.59 Å². The lowest BCUT2D eigenvalue weighted by molar-refractivity contribution is -0.118. The van der Waals surface area contributed by atoms with E-state index in [1.165, 1.54) is 6.20 Å². The summed E-state index contributed by atoms with van der Waals surface area (Å²) in [5.41, 5.74) is 11.5. The quantitative estimate of drug-likeness (QED) is 0.572. The fraction of sp³-hybridized carbons (Fsp3) is 0.524. The number of halogens is 1. The summed E-state index contributed by atoms with van der Waals surface area (Å²) in [5, 5.41) is 3.21. The summed E-state index contributed by atoms with van der Waals surface area (Å²) in [5.74, 6) is 1.63. The molecule has 5 N–H and O–H groups in total. The van der Waals surface area contributed by atoms with Crippen LogP contribution in [0.15, 0.2) is 12.3 Å². The van der Waals surface area contributed by atoms with E-state index in [9.17, 15) is 9.59 Å². The minimum Gasteiger partial charge on any atom is -0.396 e. The molecular formula is C21H25ClN8O2. The molecule has 10 nitrogen and oxygen atoms in total. The molecular weight excluding hydrogens is 432 g/mol. The van der Waals surface area contributed by atoms with E-state index in [-0.39, 0.29) is 39.7 Å². The first-order valence-electron chi connectivity index (χ1n) is 10.8. The highest BCUT2D eigenvalue weighted by atomic mass is 35.5. The summed E-state index contributed by atoms with van der Waals surface area (Å²) in [6.07, 6.45) is 5.00. The lowest BCUT2D eigenvalue weighted by Crippen LogP contribution is -2.74. The number of piperidine rings is 1. The first kappa shape index (κ1) is 20.9. The number of aromatic nitrogens is 4. The third-order valence-corrected chi connectivity index (χ3v) is 7.53. The van der Waals surface area contributed by atoms with Crippen molar-refractivity contribution in [2.24, 2.45) is 17.6 Å². The Morgan fingerprint density at radius 3 is 2.53 bits per heavy atom. The summed E-state index contributed by atoms with van der Waals surface area (Å²) in [6, 6.07) is 1.70. The number of nitrogens with one attached hydrogen (secondary N) is 1. The van der Waals surface area contributed by atoms with Gasteiger partial charge in [0.25, 0.3) is 11.8 Å². The average Bonchev–Trinajstić information content (AvgIpc) is 2.76. The van der Waals surface area contributed by atoms with Gasteiger partial charge in [0, 0.05) is 30.6 Å². The van der Waals surface area contributed by atoms with Crippen LogP contribution in [0, 0.1) is 11.8 Å². The molecule has 6 rings (SSSR count). The number of hydrogen-bond donors (Lipinski definition) is 3. The van der Waals surface area contributed by atoms with Crippen molar-refractivity contribution >= 4 is 34.9 Å². The summed E-state index contributed by atoms with van der Waals surface area (Å²) >= 11 is 6.15. The Kier molecular flexibility index (Phi) is 4.92. The highest BCUT2D eigenvalue weighted by molar-refractivity contribution is 6.28. The molecule has 3 heterocycles. The van der Waals surface area contributed by atoms with E-state index in [0.717, 1.165) is 31.6 Å². The van der Waals surface area contributed by atoms with Gasteiger partial charge in [-0.25, -0.2) is 19.9 Å². The lowest BCUT2D eigenvalue weighted by atomic mass is 9.43. The molecule has 4 aliphatic rings. The second-order valence-corrected chi connectivity index (χ2v) is 9.44. The number of anilines is 2. The first-order chi connectivity index (χ1) is 15.3. The summed E-state index contributed by atoms with van der Waals surface area (Å²) in [7, 11) is 0. The molecule has 1 atom stereocenters. The zero-order valence-electron chi connectivity index (χ0n) is 17.7. The van der Waals surface area contributed by atoms with E-state index in [1.807, 2.05) is 0 Å². The van der Waals surface area contributed by atoms with Crippen molar-refractivity contribution in [1.29, 1.82) is 0 Å². The zero-order valence-corrected chi connectivity index (χ0v) is 18.5. The number of nitrogen functional groups attached to an aromatic ring is 1. The molecule has 1 aliphatic heterocycles. The summed E-state index contributed by atoms with van der Waals surface area (Å²) in [4.78, 5) is 43.5. The highest BCUT2D eigenvalue weighted by Gasteiger charge is 2.63. The number of nitrogens with zero attached hydrogens (tertiary/aromatic N) is 5. The van der Waals surface area contributed by atoms with Crippen molar-refractivity contribution in [1.82, 2.24) is 25.3 Å². The van der Waals surface area contributed by atoms with Gasteiger partial charge < -0.3 is 21.7 Å². The number of rotatable bonds is 5. The normalized spacial score (nSPS) is 26.8. The van der Waals surface area contributed by atoms with Gasteiger partial charge >= 0.3 is 0 Å². The molecule has 3 aliphatic carbocycles. The maximum absolute atomic E-state index is 12.8. The molecule has 1 saturated heterocycles. The van der Waals surface area contributed by atoms with Gasteiger partial charge in [-0.2, -0.15) is 0 Å². The molecule has 0 unspecified atom stereocenters. The van der Waals surface area contributed by atoms with Crippen LogP contribution in [0.2, 0.25) is 5.28 Å². The van der Waals surface area contributed by atoms with Crippen LogP contribution in [0.4, 0.5) is 11.5 Å². The molecule has 2 aromatic rings. The Morgan fingerprint density at radius 2 is 1.94 bits per heavy atom. The predicted octanol–water partition coefficient (Wildman–Crippen LogP) is 1.51. The van der Waals surface area contributed by atoms with E-state index in [0.29, 0.717) is 30.6 Å². The van der Waals surface area contributed by atoms with E-state index >= 15 is 0 Å². The third-order valence-electron chi connectivity index (χ3n) is 7.37. The first-order valence-corrected chi connectivity index (χ1v) is 11.2. The molecule has 3 saturated carbocycles. The molecule has 0 aromatic carbocycles. The molecule has 0 spiro atoms. The fourth-order valence-corrected chi connectivity index (χ4v) is 5.26. The van der Waals surface area contributed by atoms with Crippen LogP contribution in [0.1, 0.15) is 65.3 Å². The zero-order chi connectivity index (χ0) is 22.6. The Labute approximate surface area is 190 Å². The van der Waals surface area contributed by atoms with Gasteiger partial charge in [0.2, 0.25) is 5.28 Å². The number of amides is 2. The lowest BCUT2D eigenvalue weighted by Gasteiger charge is -2.67. The monoisotopic (exact) mass is 456 g/mol. The second kappa shape index (κ2) is 7.54. The van der Waals surface area contributed by atoms with E-state index in [1.54, 1.807) is 6.07 Å². The van der Waals surface area contributed by atoms with Crippen LogP contribution in [0.3, 0.4) is 0 Å². The van der Waals surface area contributed by atoms with Gasteiger partial charge in [0.1, 0.15) is 17.3 Å². The van der Waals surface area contributed by atoms with Crippen molar-refractivity contribution in [3.8, 4) is 0 Å². The number of nitrogens with two attached hydrogens (primary N) is 2. The van der Waals surface area contributed by atoms with Crippen molar-refractivity contribution < 1.29 is 9.59 Å². The van der Waals surface area contributed by atoms with Crippen LogP contribution in [-0.2, 0) is 0 Å².